The number of hydrogen-bond donors (Lipinski definition) is 1. The maximum Gasteiger partial charge on any atom is 0.159 e. The van der Waals surface area contributed by atoms with Gasteiger partial charge in [-0.3, -0.25) is 0 Å². The van der Waals surface area contributed by atoms with Crippen LogP contribution in [0.1, 0.15) is 0 Å². The summed E-state index contributed by atoms with van der Waals surface area (Å²) in [6.07, 6.45) is 0. The van der Waals surface area contributed by atoms with Gasteiger partial charge in [0.15, 0.2) is 11.6 Å². The van der Waals surface area contributed by atoms with E-state index in [1.54, 1.807) is 24.3 Å². The Bertz CT molecular complexity index is 627. The maximum absolute atomic E-state index is 13.3. The van der Waals surface area contributed by atoms with Crippen LogP contribution in [0.5, 0.6) is 0 Å². The summed E-state index contributed by atoms with van der Waals surface area (Å²) in [6, 6.07) is 10.7. The Morgan fingerprint density at radius 3 is 2.53 bits per heavy atom. The van der Waals surface area contributed by atoms with Crippen molar-refractivity contribution < 1.29 is 8.78 Å². The largest absolute Gasteiger partial charge is 0.386 e. The Hall–Kier alpha value is -1.94. The second-order valence-electron chi connectivity index (χ2n) is 3.88. The molecule has 0 aliphatic heterocycles. The Morgan fingerprint density at radius 2 is 1.84 bits per heavy atom. The van der Waals surface area contributed by atoms with Gasteiger partial charge in [-0.1, -0.05) is 24.3 Å². The lowest BCUT2D eigenvalue weighted by atomic mass is 10.0. The number of nitrogens with zero attached hydrogens (tertiary/aromatic N) is 1. The highest BCUT2D eigenvalue weighted by Gasteiger charge is 2.08. The van der Waals surface area contributed by atoms with Crippen molar-refractivity contribution in [1.82, 2.24) is 0 Å². The van der Waals surface area contributed by atoms with E-state index in [4.69, 9.17) is 17.3 Å². The zero-order chi connectivity index (χ0) is 13.8. The van der Waals surface area contributed by atoms with E-state index in [0.717, 1.165) is 12.1 Å². The number of hydrogen-bond acceptors (Lipinski definition) is 1. The third-order valence-corrected chi connectivity index (χ3v) is 2.81. The van der Waals surface area contributed by atoms with E-state index in [9.17, 15) is 8.78 Å². The molecule has 0 unspecified atom stereocenters. The highest BCUT2D eigenvalue weighted by molar-refractivity contribution is 6.28. The van der Waals surface area contributed by atoms with E-state index >= 15 is 0 Å². The zero-order valence-electron chi connectivity index (χ0n) is 9.91. The minimum Gasteiger partial charge on any atom is -0.386 e. The van der Waals surface area contributed by atoms with E-state index in [1.807, 2.05) is 0 Å². The van der Waals surface area contributed by atoms with Gasteiger partial charge in [0, 0.05) is 5.56 Å². The molecule has 0 saturated heterocycles. The van der Waals surface area contributed by atoms with Crippen molar-refractivity contribution >= 4 is 23.1 Å². The lowest BCUT2D eigenvalue weighted by molar-refractivity contribution is 0.509. The highest BCUT2D eigenvalue weighted by atomic mass is 35.5. The maximum atomic E-state index is 13.3. The molecule has 0 aromatic heterocycles. The number of aliphatic imine (C=N–C) groups is 1. The fourth-order valence-corrected chi connectivity index (χ4v) is 1.72. The predicted molar refractivity (Wildman–Crippen MR) is 73.8 cm³/mol. The molecule has 0 saturated carbocycles. The molecule has 2 nitrogen and oxygen atoms in total. The first-order valence-corrected chi connectivity index (χ1v) is 6.08. The molecule has 5 heteroatoms. The standard InChI is InChI=1S/C14H11ClF2N2/c15-8-14(18)19-13-4-2-1-3-10(13)9-5-6-11(16)12(17)7-9/h1-7H,8H2,(H2,18,19). The Labute approximate surface area is 114 Å². The topological polar surface area (TPSA) is 38.4 Å². The zero-order valence-corrected chi connectivity index (χ0v) is 10.7. The first kappa shape index (κ1) is 13.5. The number of alkyl halides is 1. The minimum atomic E-state index is -0.901. The number of rotatable bonds is 3. The molecule has 2 N–H and O–H groups in total. The molecule has 0 aliphatic carbocycles. The van der Waals surface area contributed by atoms with E-state index in [1.165, 1.54) is 6.07 Å². The van der Waals surface area contributed by atoms with Crippen molar-refractivity contribution in [3.8, 4) is 11.1 Å². The molecule has 0 radical (unpaired) electrons. The van der Waals surface area contributed by atoms with Crippen LogP contribution in [0.4, 0.5) is 14.5 Å². The predicted octanol–water partition coefficient (Wildman–Crippen LogP) is 3.86. The fourth-order valence-electron chi connectivity index (χ4n) is 1.66. The van der Waals surface area contributed by atoms with Gasteiger partial charge in [0.2, 0.25) is 0 Å². The molecule has 2 aromatic carbocycles. The van der Waals surface area contributed by atoms with Crippen molar-refractivity contribution in [1.29, 1.82) is 0 Å². The van der Waals surface area contributed by atoms with Crippen LogP contribution in [0, 0.1) is 11.6 Å². The van der Waals surface area contributed by atoms with Gasteiger partial charge in [-0.2, -0.15) is 0 Å². The van der Waals surface area contributed by atoms with Gasteiger partial charge in [-0.15, -0.1) is 11.6 Å². The molecule has 19 heavy (non-hydrogen) atoms. The summed E-state index contributed by atoms with van der Waals surface area (Å²) in [4.78, 5) is 4.15. The summed E-state index contributed by atoms with van der Waals surface area (Å²) in [7, 11) is 0. The lowest BCUT2D eigenvalue weighted by Crippen LogP contribution is -2.12. The van der Waals surface area contributed by atoms with Gasteiger partial charge in [0.1, 0.15) is 5.84 Å². The van der Waals surface area contributed by atoms with Crippen LogP contribution in [0.3, 0.4) is 0 Å². The molecule has 98 valence electrons. The minimum absolute atomic E-state index is 0.103. The van der Waals surface area contributed by atoms with Gasteiger partial charge in [-0.25, -0.2) is 13.8 Å². The SMILES string of the molecule is NC(CCl)=Nc1ccccc1-c1ccc(F)c(F)c1. The Morgan fingerprint density at radius 1 is 1.11 bits per heavy atom. The van der Waals surface area contributed by atoms with E-state index in [2.05, 4.69) is 4.99 Å². The third-order valence-electron chi connectivity index (χ3n) is 2.54. The molecule has 0 atom stereocenters. The summed E-state index contributed by atoms with van der Waals surface area (Å²) in [5.74, 6) is -1.42. The average molecular weight is 281 g/mol. The van der Waals surface area contributed by atoms with Crippen molar-refractivity contribution in [2.45, 2.75) is 0 Å². The number of amidine groups is 1. The molecule has 0 fully saturated rings. The van der Waals surface area contributed by atoms with Crippen LogP contribution in [0.15, 0.2) is 47.5 Å². The van der Waals surface area contributed by atoms with E-state index in [-0.39, 0.29) is 11.7 Å². The van der Waals surface area contributed by atoms with Crippen molar-refractivity contribution in [3.63, 3.8) is 0 Å². The molecule has 0 aliphatic rings. The summed E-state index contributed by atoms with van der Waals surface area (Å²) in [5.41, 5.74) is 7.34. The van der Waals surface area contributed by atoms with Gasteiger partial charge in [-0.05, 0) is 23.8 Å². The molecular formula is C14H11ClF2N2. The smallest absolute Gasteiger partial charge is 0.159 e. The first-order valence-electron chi connectivity index (χ1n) is 5.55. The van der Waals surface area contributed by atoms with Crippen LogP contribution < -0.4 is 5.73 Å². The number of benzene rings is 2. The van der Waals surface area contributed by atoms with Crippen LogP contribution >= 0.6 is 11.6 Å². The first-order chi connectivity index (χ1) is 9.11. The summed E-state index contributed by atoms with van der Waals surface area (Å²) in [5, 5.41) is 0. The van der Waals surface area contributed by atoms with Crippen molar-refractivity contribution in [2.75, 3.05) is 5.88 Å². The molecule has 2 rings (SSSR count). The van der Waals surface area contributed by atoms with E-state index in [0.29, 0.717) is 16.8 Å². The Kier molecular flexibility index (Phi) is 4.12. The Balaban J connectivity index is 2.53. The van der Waals surface area contributed by atoms with Crippen molar-refractivity contribution in [2.24, 2.45) is 10.7 Å². The van der Waals surface area contributed by atoms with E-state index < -0.39 is 11.6 Å². The molecule has 0 amide bonds. The third kappa shape index (κ3) is 3.09. The number of halogens is 3. The lowest BCUT2D eigenvalue weighted by Gasteiger charge is -2.07. The van der Waals surface area contributed by atoms with Gasteiger partial charge < -0.3 is 5.73 Å². The molecule has 2 aromatic rings. The monoisotopic (exact) mass is 280 g/mol. The number of nitrogens with two attached hydrogens (primary N) is 1. The summed E-state index contributed by atoms with van der Waals surface area (Å²) < 4.78 is 26.2. The summed E-state index contributed by atoms with van der Waals surface area (Å²) >= 11 is 5.58. The molecular weight excluding hydrogens is 270 g/mol. The van der Waals surface area contributed by atoms with Crippen molar-refractivity contribution in [3.05, 3.63) is 54.1 Å². The molecule has 0 spiro atoms. The van der Waals surface area contributed by atoms with Crippen LogP contribution in [0.2, 0.25) is 0 Å². The van der Waals surface area contributed by atoms with Gasteiger partial charge in [0.05, 0.1) is 11.6 Å². The van der Waals surface area contributed by atoms with Crippen LogP contribution in [0.25, 0.3) is 11.1 Å². The average Bonchev–Trinajstić information content (AvgIpc) is 2.42. The molecule has 0 bridgehead atoms. The number of para-hydroxylation sites is 1. The normalized spacial score (nSPS) is 11.6. The summed E-state index contributed by atoms with van der Waals surface area (Å²) in [6.45, 7) is 0. The molecule has 0 heterocycles. The second kappa shape index (κ2) is 5.80. The fraction of sp³-hybridized carbons (Fsp3) is 0.0714. The highest BCUT2D eigenvalue weighted by Crippen LogP contribution is 2.30. The van der Waals surface area contributed by atoms with Gasteiger partial charge >= 0.3 is 0 Å². The van der Waals surface area contributed by atoms with Crippen LogP contribution in [-0.2, 0) is 0 Å². The van der Waals surface area contributed by atoms with Crippen LogP contribution in [-0.4, -0.2) is 11.7 Å². The second-order valence-corrected chi connectivity index (χ2v) is 4.15. The van der Waals surface area contributed by atoms with Gasteiger partial charge in [0.25, 0.3) is 0 Å². The quantitative estimate of drug-likeness (QED) is 0.517.